The van der Waals surface area contributed by atoms with E-state index >= 15 is 0 Å². The van der Waals surface area contributed by atoms with E-state index in [0.29, 0.717) is 68.4 Å². The van der Waals surface area contributed by atoms with Crippen molar-refractivity contribution in [3.8, 4) is 0 Å². The van der Waals surface area contributed by atoms with E-state index in [1.54, 1.807) is 36.4 Å². The van der Waals surface area contributed by atoms with Crippen molar-refractivity contribution in [1.29, 1.82) is 0 Å². The molecule has 2 saturated heterocycles. The third kappa shape index (κ3) is 9.48. The van der Waals surface area contributed by atoms with Crippen LogP contribution in [-0.4, -0.2) is 70.9 Å². The van der Waals surface area contributed by atoms with Crippen LogP contribution in [0.15, 0.2) is 72.8 Å². The fourth-order valence-electron chi connectivity index (χ4n) is 9.42. The number of amides is 6. The minimum atomic E-state index is -1.48. The van der Waals surface area contributed by atoms with Gasteiger partial charge in [0.05, 0.1) is 0 Å². The number of hydrogen-bond donors (Lipinski definition) is 4. The number of anilines is 1. The molecule has 3 aromatic rings. The summed E-state index contributed by atoms with van der Waals surface area (Å²) in [6.07, 6.45) is -0.773. The molecular formula is C46H60FN7O8. The average Bonchev–Trinajstić information content (AvgIpc) is 3.91. The summed E-state index contributed by atoms with van der Waals surface area (Å²) in [5, 5.41) is 0. The first kappa shape index (κ1) is 46.9. The molecule has 0 saturated carbocycles. The molecule has 2 aliphatic rings. The van der Waals surface area contributed by atoms with Crippen LogP contribution >= 0.6 is 0 Å². The first-order chi connectivity index (χ1) is 29.6. The van der Waals surface area contributed by atoms with Crippen LogP contribution < -0.4 is 27.8 Å². The molecule has 2 heterocycles. The number of primary amides is 4. The van der Waals surface area contributed by atoms with Crippen LogP contribution in [0.1, 0.15) is 101 Å². The summed E-state index contributed by atoms with van der Waals surface area (Å²) in [5.41, 5.74) is 23.4. The van der Waals surface area contributed by atoms with Gasteiger partial charge in [0.2, 0.25) is 11.8 Å². The van der Waals surface area contributed by atoms with Gasteiger partial charge in [-0.2, -0.15) is 0 Å². The Morgan fingerprint density at radius 3 is 1.26 bits per heavy atom. The number of nitrogens with zero attached hydrogens (tertiary/aromatic N) is 3. The highest BCUT2D eigenvalue weighted by molar-refractivity contribution is 5.95. The molecule has 6 amide bonds. The summed E-state index contributed by atoms with van der Waals surface area (Å²) in [6, 6.07) is 20.5. The van der Waals surface area contributed by atoms with Crippen molar-refractivity contribution in [3.63, 3.8) is 0 Å². The van der Waals surface area contributed by atoms with Crippen molar-refractivity contribution in [2.75, 3.05) is 18.0 Å². The van der Waals surface area contributed by atoms with E-state index < -0.39 is 64.9 Å². The Balaban J connectivity index is 1.43. The highest BCUT2D eigenvalue weighted by Crippen LogP contribution is 2.42. The van der Waals surface area contributed by atoms with Gasteiger partial charge >= 0.3 is 12.2 Å². The number of rotatable bonds is 19. The monoisotopic (exact) mass is 857 g/mol. The SMILES string of the molecule is CCC(CC)[C@H](OC(N)=O)C(=O)N1CCC[C@@]1(C(N)=O)c1ccc(CN(Cc2ccc([C@]3(C(N)=O)CCCN3C(=O)[C@@H](OC(N)=O)C(CC)CC)cc2)c2ccc(F)cc2)cc1. The Labute approximate surface area is 362 Å². The van der Waals surface area contributed by atoms with Crippen LogP contribution in [0.4, 0.5) is 19.7 Å². The maximum Gasteiger partial charge on any atom is 0.405 e. The molecule has 0 unspecified atom stereocenters. The van der Waals surface area contributed by atoms with Crippen molar-refractivity contribution < 1.29 is 42.6 Å². The molecule has 62 heavy (non-hydrogen) atoms. The lowest BCUT2D eigenvalue weighted by Crippen LogP contribution is -2.57. The normalized spacial score (nSPS) is 19.6. The second-order valence-corrected chi connectivity index (χ2v) is 16.2. The molecule has 2 fully saturated rings. The van der Waals surface area contributed by atoms with Crippen LogP contribution in [0.3, 0.4) is 0 Å². The lowest BCUT2D eigenvalue weighted by molar-refractivity contribution is -0.153. The second-order valence-electron chi connectivity index (χ2n) is 16.2. The molecule has 0 radical (unpaired) electrons. The Morgan fingerprint density at radius 1 is 0.597 bits per heavy atom. The number of hydrogen-bond acceptors (Lipinski definition) is 9. The van der Waals surface area contributed by atoms with Crippen LogP contribution in [0.5, 0.6) is 0 Å². The molecule has 4 atom stereocenters. The zero-order valence-electron chi connectivity index (χ0n) is 36.0. The minimum absolute atomic E-state index is 0.233. The van der Waals surface area contributed by atoms with E-state index in [9.17, 15) is 33.2 Å². The minimum Gasteiger partial charge on any atom is -0.436 e. The number of carbonyl (C=O) groups excluding carboxylic acids is 6. The molecule has 15 nitrogen and oxygen atoms in total. The van der Waals surface area contributed by atoms with Gasteiger partial charge in [0.25, 0.3) is 11.8 Å². The molecule has 3 aromatic carbocycles. The van der Waals surface area contributed by atoms with Gasteiger partial charge in [-0.15, -0.1) is 0 Å². The lowest BCUT2D eigenvalue weighted by Gasteiger charge is -2.39. The van der Waals surface area contributed by atoms with Gasteiger partial charge in [-0.25, -0.2) is 14.0 Å². The quantitative estimate of drug-likeness (QED) is 0.120. The predicted molar refractivity (Wildman–Crippen MR) is 230 cm³/mol. The Bertz CT molecular complexity index is 1950. The van der Waals surface area contributed by atoms with Crippen LogP contribution in [0.2, 0.25) is 0 Å². The van der Waals surface area contributed by atoms with E-state index in [0.717, 1.165) is 11.1 Å². The summed E-state index contributed by atoms with van der Waals surface area (Å²) < 4.78 is 24.8. The third-order valence-corrected chi connectivity index (χ3v) is 12.8. The molecule has 0 aromatic heterocycles. The average molecular weight is 858 g/mol. The zero-order chi connectivity index (χ0) is 45.4. The van der Waals surface area contributed by atoms with Crippen LogP contribution in [0.25, 0.3) is 0 Å². The smallest absolute Gasteiger partial charge is 0.405 e. The summed E-state index contributed by atoms with van der Waals surface area (Å²) >= 11 is 0. The summed E-state index contributed by atoms with van der Waals surface area (Å²) in [4.78, 5) is 83.6. The summed E-state index contributed by atoms with van der Waals surface area (Å²) in [5.74, 6) is -3.49. The zero-order valence-corrected chi connectivity index (χ0v) is 36.0. The van der Waals surface area contributed by atoms with E-state index in [2.05, 4.69) is 0 Å². The van der Waals surface area contributed by atoms with Gasteiger partial charge in [0, 0.05) is 43.7 Å². The van der Waals surface area contributed by atoms with Gasteiger partial charge in [0.1, 0.15) is 16.9 Å². The maximum absolute atomic E-state index is 14.1. The van der Waals surface area contributed by atoms with E-state index in [4.69, 9.17) is 32.4 Å². The van der Waals surface area contributed by atoms with Crippen LogP contribution in [-0.2, 0) is 52.8 Å². The second kappa shape index (κ2) is 20.1. The van der Waals surface area contributed by atoms with Gasteiger partial charge < -0.3 is 47.1 Å². The standard InChI is InChI=1S/C46H60FN7O8/c1-5-31(6-2)37(61-43(50)59)39(55)53-25-9-23-45(53,41(48)57)33-15-11-29(12-16-33)27-52(36-21-19-35(47)20-22-36)28-30-13-17-34(18-14-30)46(42(49)58)24-10-26-54(46)40(56)38(62-44(51)60)32(7-3)8-4/h11-22,31-32,37-38H,5-10,23-28H2,1-4H3,(H2,48,57)(H2,49,58)(H2,50,59)(H2,51,60)/t37-,38-,45-,46-/m0/s1. The molecule has 0 spiro atoms. The Morgan fingerprint density at radius 2 is 0.952 bits per heavy atom. The summed E-state index contributed by atoms with van der Waals surface area (Å²) in [6.45, 7) is 8.69. The highest BCUT2D eigenvalue weighted by atomic mass is 19.1. The van der Waals surface area contributed by atoms with E-state index in [1.165, 1.54) is 21.9 Å². The number of halogens is 1. The number of benzene rings is 3. The van der Waals surface area contributed by atoms with Crippen molar-refractivity contribution in [2.24, 2.45) is 34.8 Å². The molecule has 0 bridgehead atoms. The van der Waals surface area contributed by atoms with Gasteiger partial charge in [-0.1, -0.05) is 76.2 Å². The van der Waals surface area contributed by atoms with Crippen LogP contribution in [0, 0.1) is 17.7 Å². The molecule has 5 rings (SSSR count). The molecule has 0 aliphatic carbocycles. The molecule has 16 heteroatoms. The van der Waals surface area contributed by atoms with Gasteiger partial charge in [0.15, 0.2) is 12.2 Å². The number of nitrogens with two attached hydrogens (primary N) is 4. The fraction of sp³-hybridized carbons (Fsp3) is 0.478. The predicted octanol–water partition coefficient (Wildman–Crippen LogP) is 5.44. The Hall–Kier alpha value is -6.19. The van der Waals surface area contributed by atoms with Crippen molar-refractivity contribution in [2.45, 2.75) is 115 Å². The van der Waals surface area contributed by atoms with Gasteiger partial charge in [-0.05, 0) is 97.9 Å². The largest absolute Gasteiger partial charge is 0.436 e. The fourth-order valence-corrected chi connectivity index (χ4v) is 9.42. The van der Waals surface area contributed by atoms with Crippen molar-refractivity contribution in [1.82, 2.24) is 9.80 Å². The van der Waals surface area contributed by atoms with Crippen molar-refractivity contribution >= 4 is 41.5 Å². The van der Waals surface area contributed by atoms with Gasteiger partial charge in [-0.3, -0.25) is 19.2 Å². The topological polar surface area (TPSA) is 235 Å². The number of carbonyl (C=O) groups is 6. The maximum atomic E-state index is 14.1. The molecular weight excluding hydrogens is 798 g/mol. The lowest BCUT2D eigenvalue weighted by atomic mass is 9.84. The highest BCUT2D eigenvalue weighted by Gasteiger charge is 2.54. The molecule has 8 N–H and O–H groups in total. The Kier molecular flexibility index (Phi) is 15.2. The molecule has 2 aliphatic heterocycles. The van der Waals surface area contributed by atoms with E-state index in [1.807, 2.05) is 56.9 Å². The first-order valence-electron chi connectivity index (χ1n) is 21.4. The third-order valence-electron chi connectivity index (χ3n) is 12.8. The molecule has 334 valence electrons. The first-order valence-corrected chi connectivity index (χ1v) is 21.4. The number of likely N-dealkylation sites (tertiary alicyclic amines) is 2. The van der Waals surface area contributed by atoms with E-state index in [-0.39, 0.29) is 37.8 Å². The summed E-state index contributed by atoms with van der Waals surface area (Å²) in [7, 11) is 0. The number of ether oxygens (including phenoxy) is 2. The van der Waals surface area contributed by atoms with Crippen molar-refractivity contribution in [3.05, 3.63) is 101 Å².